The van der Waals surface area contributed by atoms with Crippen LogP contribution in [-0.2, 0) is 12.8 Å². The Kier molecular flexibility index (Phi) is 4.34. The molecule has 2 aromatic rings. The second kappa shape index (κ2) is 6.40. The first-order chi connectivity index (χ1) is 10.7. The molecule has 0 aliphatic carbocycles. The first kappa shape index (κ1) is 14.9. The van der Waals surface area contributed by atoms with Gasteiger partial charge < -0.3 is 14.8 Å². The molecule has 1 N–H and O–H groups in total. The molecule has 1 aromatic heterocycles. The van der Waals surface area contributed by atoms with Gasteiger partial charge in [-0.3, -0.25) is 4.79 Å². The zero-order valence-electron chi connectivity index (χ0n) is 12.8. The van der Waals surface area contributed by atoms with Crippen molar-refractivity contribution in [3.05, 3.63) is 45.1 Å². The maximum absolute atomic E-state index is 12.2. The van der Waals surface area contributed by atoms with Gasteiger partial charge in [0.25, 0.3) is 5.91 Å². The Bertz CT molecular complexity index is 693. The highest BCUT2D eigenvalue weighted by Gasteiger charge is 2.14. The monoisotopic (exact) mass is 317 g/mol. The lowest BCUT2D eigenvalue weighted by Crippen LogP contribution is -2.24. The molecule has 0 bridgehead atoms. The molecule has 0 saturated heterocycles. The van der Waals surface area contributed by atoms with Crippen LogP contribution in [0.15, 0.2) is 24.3 Å². The minimum absolute atomic E-state index is 0.00791. The first-order valence-electron chi connectivity index (χ1n) is 7.43. The van der Waals surface area contributed by atoms with Crippen LogP contribution in [0.1, 0.15) is 32.6 Å². The van der Waals surface area contributed by atoms with Crippen LogP contribution >= 0.6 is 11.3 Å². The van der Waals surface area contributed by atoms with Crippen molar-refractivity contribution in [2.24, 2.45) is 0 Å². The number of aryl methyl sites for hydroxylation is 2. The molecule has 0 spiro atoms. The summed E-state index contributed by atoms with van der Waals surface area (Å²) in [7, 11) is 0. The SMILES string of the molecule is CCc1sc(C(=O)NCCc2ccc3c(c2)OCO3)cc1C. The van der Waals surface area contributed by atoms with Gasteiger partial charge in [-0.05, 0) is 49.1 Å². The Morgan fingerprint density at radius 2 is 2.09 bits per heavy atom. The van der Waals surface area contributed by atoms with Crippen molar-refractivity contribution < 1.29 is 14.3 Å². The molecule has 0 atom stereocenters. The Morgan fingerprint density at radius 1 is 1.27 bits per heavy atom. The maximum Gasteiger partial charge on any atom is 0.261 e. The summed E-state index contributed by atoms with van der Waals surface area (Å²) in [6.45, 7) is 5.06. The Morgan fingerprint density at radius 3 is 2.86 bits per heavy atom. The third-order valence-corrected chi connectivity index (χ3v) is 5.08. The third-order valence-electron chi connectivity index (χ3n) is 3.70. The predicted molar refractivity (Wildman–Crippen MR) is 87.0 cm³/mol. The molecule has 0 fully saturated rings. The van der Waals surface area contributed by atoms with Crippen LogP contribution in [0.25, 0.3) is 0 Å². The van der Waals surface area contributed by atoms with Crippen molar-refractivity contribution in [1.29, 1.82) is 0 Å². The summed E-state index contributed by atoms with van der Waals surface area (Å²) in [6.07, 6.45) is 1.74. The summed E-state index contributed by atoms with van der Waals surface area (Å²) in [6, 6.07) is 7.86. The van der Waals surface area contributed by atoms with Crippen molar-refractivity contribution in [3.8, 4) is 11.5 Å². The molecule has 5 heteroatoms. The zero-order chi connectivity index (χ0) is 15.5. The van der Waals surface area contributed by atoms with Gasteiger partial charge in [0.15, 0.2) is 11.5 Å². The lowest BCUT2D eigenvalue weighted by Gasteiger charge is -2.05. The van der Waals surface area contributed by atoms with Gasteiger partial charge >= 0.3 is 0 Å². The fourth-order valence-electron chi connectivity index (χ4n) is 2.49. The number of thiophene rings is 1. The molecule has 0 unspecified atom stereocenters. The summed E-state index contributed by atoms with van der Waals surface area (Å²) < 4.78 is 10.6. The number of benzene rings is 1. The Balaban J connectivity index is 1.55. The molecule has 22 heavy (non-hydrogen) atoms. The number of carbonyl (C=O) groups is 1. The van der Waals surface area contributed by atoms with Gasteiger partial charge in [-0.1, -0.05) is 13.0 Å². The summed E-state index contributed by atoms with van der Waals surface area (Å²) >= 11 is 1.58. The van der Waals surface area contributed by atoms with Crippen molar-refractivity contribution in [2.45, 2.75) is 26.7 Å². The highest BCUT2D eigenvalue weighted by atomic mass is 32.1. The third kappa shape index (κ3) is 3.09. The average molecular weight is 317 g/mol. The van der Waals surface area contributed by atoms with Gasteiger partial charge in [-0.25, -0.2) is 0 Å². The number of hydrogen-bond donors (Lipinski definition) is 1. The van der Waals surface area contributed by atoms with E-state index >= 15 is 0 Å². The van der Waals surface area contributed by atoms with Crippen LogP contribution in [0.2, 0.25) is 0 Å². The number of hydrogen-bond acceptors (Lipinski definition) is 4. The van der Waals surface area contributed by atoms with E-state index in [2.05, 4.69) is 19.2 Å². The number of fused-ring (bicyclic) bond motifs is 1. The minimum atomic E-state index is 0.00791. The summed E-state index contributed by atoms with van der Waals surface area (Å²) in [4.78, 5) is 14.2. The predicted octanol–water partition coefficient (Wildman–Crippen LogP) is 3.32. The van der Waals surface area contributed by atoms with E-state index in [0.717, 1.165) is 34.8 Å². The van der Waals surface area contributed by atoms with Crippen LogP contribution in [0.3, 0.4) is 0 Å². The van der Waals surface area contributed by atoms with Gasteiger partial charge in [0.05, 0.1) is 4.88 Å². The molecule has 116 valence electrons. The number of nitrogens with one attached hydrogen (secondary N) is 1. The van der Waals surface area contributed by atoms with Crippen LogP contribution in [0, 0.1) is 6.92 Å². The fraction of sp³-hybridized carbons (Fsp3) is 0.353. The molecule has 1 aromatic carbocycles. The summed E-state index contributed by atoms with van der Waals surface area (Å²) in [5.74, 6) is 1.58. The molecule has 3 rings (SSSR count). The fourth-order valence-corrected chi connectivity index (χ4v) is 3.52. The van der Waals surface area contributed by atoms with E-state index in [-0.39, 0.29) is 12.7 Å². The number of rotatable bonds is 5. The molecule has 0 saturated carbocycles. The van der Waals surface area contributed by atoms with E-state index in [1.54, 1.807) is 11.3 Å². The van der Waals surface area contributed by atoms with Crippen LogP contribution < -0.4 is 14.8 Å². The largest absolute Gasteiger partial charge is 0.454 e. The average Bonchev–Trinajstić information content (AvgIpc) is 3.12. The molecule has 0 radical (unpaired) electrons. The lowest BCUT2D eigenvalue weighted by atomic mass is 10.1. The van der Waals surface area contributed by atoms with E-state index in [4.69, 9.17) is 9.47 Å². The Hall–Kier alpha value is -2.01. The van der Waals surface area contributed by atoms with Crippen LogP contribution in [-0.4, -0.2) is 19.2 Å². The second-order valence-electron chi connectivity index (χ2n) is 5.26. The molecule has 1 aliphatic rings. The molecular formula is C17H19NO3S. The summed E-state index contributed by atoms with van der Waals surface area (Å²) in [5, 5.41) is 2.98. The standard InChI is InChI=1S/C17H19NO3S/c1-3-15-11(2)8-16(22-15)17(19)18-7-6-12-4-5-13-14(9-12)21-10-20-13/h4-5,8-9H,3,6-7,10H2,1-2H3,(H,18,19). The van der Waals surface area contributed by atoms with Crippen molar-refractivity contribution in [2.75, 3.05) is 13.3 Å². The topological polar surface area (TPSA) is 47.6 Å². The number of carbonyl (C=O) groups excluding carboxylic acids is 1. The molecule has 2 heterocycles. The molecule has 1 amide bonds. The second-order valence-corrected chi connectivity index (χ2v) is 6.40. The molecule has 1 aliphatic heterocycles. The maximum atomic E-state index is 12.2. The van der Waals surface area contributed by atoms with E-state index in [1.807, 2.05) is 24.3 Å². The van der Waals surface area contributed by atoms with Crippen molar-refractivity contribution >= 4 is 17.2 Å². The van der Waals surface area contributed by atoms with Gasteiger partial charge in [0.2, 0.25) is 6.79 Å². The quantitative estimate of drug-likeness (QED) is 0.920. The van der Waals surface area contributed by atoms with Gasteiger partial charge in [-0.15, -0.1) is 11.3 Å². The summed E-state index contributed by atoms with van der Waals surface area (Å²) in [5.41, 5.74) is 2.33. The zero-order valence-corrected chi connectivity index (χ0v) is 13.6. The van der Waals surface area contributed by atoms with E-state index < -0.39 is 0 Å². The lowest BCUT2D eigenvalue weighted by molar-refractivity contribution is 0.0958. The number of amides is 1. The van der Waals surface area contributed by atoms with Crippen molar-refractivity contribution in [1.82, 2.24) is 5.32 Å². The van der Waals surface area contributed by atoms with E-state index in [1.165, 1.54) is 10.4 Å². The molecule has 4 nitrogen and oxygen atoms in total. The van der Waals surface area contributed by atoms with Gasteiger partial charge in [-0.2, -0.15) is 0 Å². The normalized spacial score (nSPS) is 12.5. The van der Waals surface area contributed by atoms with Crippen LogP contribution in [0.5, 0.6) is 11.5 Å². The smallest absolute Gasteiger partial charge is 0.261 e. The van der Waals surface area contributed by atoms with Gasteiger partial charge in [0, 0.05) is 11.4 Å². The minimum Gasteiger partial charge on any atom is -0.454 e. The Labute approximate surface area is 134 Å². The van der Waals surface area contributed by atoms with E-state index in [9.17, 15) is 4.79 Å². The number of ether oxygens (including phenoxy) is 2. The highest BCUT2D eigenvalue weighted by molar-refractivity contribution is 7.14. The highest BCUT2D eigenvalue weighted by Crippen LogP contribution is 2.32. The first-order valence-corrected chi connectivity index (χ1v) is 8.25. The van der Waals surface area contributed by atoms with E-state index in [0.29, 0.717) is 6.54 Å². The van der Waals surface area contributed by atoms with Gasteiger partial charge in [0.1, 0.15) is 0 Å². The van der Waals surface area contributed by atoms with Crippen LogP contribution in [0.4, 0.5) is 0 Å². The molecular weight excluding hydrogens is 298 g/mol. The van der Waals surface area contributed by atoms with Crippen molar-refractivity contribution in [3.63, 3.8) is 0 Å².